The first-order valence-electron chi connectivity index (χ1n) is 11.0. The molecular weight excluding hydrogens is 448 g/mol. The molecule has 6 nitrogen and oxygen atoms in total. The molecule has 7 heteroatoms. The number of rotatable bonds is 8. The lowest BCUT2D eigenvalue weighted by Gasteiger charge is -2.14. The zero-order valence-corrected chi connectivity index (χ0v) is 19.9. The molecule has 0 heterocycles. The van der Waals surface area contributed by atoms with Gasteiger partial charge in [0.05, 0.1) is 28.6 Å². The molecule has 0 aliphatic heterocycles. The van der Waals surface area contributed by atoms with Crippen molar-refractivity contribution in [2.75, 3.05) is 23.8 Å². The molecule has 1 amide bonds. The molecule has 4 rings (SSSR count). The zero-order chi connectivity index (χ0) is 24.1. The average Bonchev–Trinajstić information content (AvgIpc) is 2.84. The van der Waals surface area contributed by atoms with E-state index < -0.39 is 9.84 Å². The van der Waals surface area contributed by atoms with E-state index in [0.29, 0.717) is 23.7 Å². The Hall–Kier alpha value is -3.84. The quantitative estimate of drug-likeness (QED) is 0.356. The number of nitrogens with one attached hydrogen (secondary N) is 2. The normalized spacial score (nSPS) is 11.2. The van der Waals surface area contributed by atoms with E-state index in [9.17, 15) is 13.2 Å². The number of benzene rings is 4. The summed E-state index contributed by atoms with van der Waals surface area (Å²) in [6.07, 6.45) is 0. The van der Waals surface area contributed by atoms with Crippen LogP contribution in [-0.2, 0) is 14.6 Å². The van der Waals surface area contributed by atoms with Crippen LogP contribution in [0.3, 0.4) is 0 Å². The third-order valence-corrected chi connectivity index (χ3v) is 7.15. The summed E-state index contributed by atoms with van der Waals surface area (Å²) in [4.78, 5) is 12.9. The minimum Gasteiger partial charge on any atom is -0.494 e. The summed E-state index contributed by atoms with van der Waals surface area (Å²) in [5.74, 6) is 0.328. The second kappa shape index (κ2) is 9.97. The third kappa shape index (κ3) is 5.21. The van der Waals surface area contributed by atoms with Crippen molar-refractivity contribution in [3.05, 3.63) is 90.5 Å². The Labute approximate surface area is 199 Å². The first kappa shape index (κ1) is 23.3. The molecule has 4 aromatic rings. The van der Waals surface area contributed by atoms with Crippen LogP contribution in [0.1, 0.15) is 12.5 Å². The van der Waals surface area contributed by atoms with Crippen LogP contribution in [0.25, 0.3) is 10.8 Å². The van der Waals surface area contributed by atoms with Crippen LogP contribution in [0.2, 0.25) is 0 Å². The SMILES string of the molecule is CCOc1ccc(S(=O)(=O)c2cc(C)ccc2NCC(=O)Nc2ccc3ccccc3c2)cc1. The molecule has 0 fully saturated rings. The summed E-state index contributed by atoms with van der Waals surface area (Å²) in [5, 5.41) is 7.96. The number of sulfone groups is 1. The van der Waals surface area contributed by atoms with E-state index >= 15 is 0 Å². The van der Waals surface area contributed by atoms with Crippen LogP contribution in [-0.4, -0.2) is 27.5 Å². The second-order valence-electron chi connectivity index (χ2n) is 7.87. The van der Waals surface area contributed by atoms with Gasteiger partial charge in [0.25, 0.3) is 0 Å². The largest absolute Gasteiger partial charge is 0.494 e. The van der Waals surface area contributed by atoms with Gasteiger partial charge in [-0.05, 0) is 78.7 Å². The van der Waals surface area contributed by atoms with Crippen molar-refractivity contribution in [2.24, 2.45) is 0 Å². The fraction of sp³-hybridized carbons (Fsp3) is 0.148. The number of carbonyl (C=O) groups excluding carboxylic acids is 1. The molecule has 0 atom stereocenters. The van der Waals surface area contributed by atoms with Gasteiger partial charge in [0, 0.05) is 5.69 Å². The van der Waals surface area contributed by atoms with Gasteiger partial charge in [0.15, 0.2) is 0 Å². The van der Waals surface area contributed by atoms with Crippen molar-refractivity contribution in [3.8, 4) is 5.75 Å². The number of amides is 1. The number of anilines is 2. The smallest absolute Gasteiger partial charge is 0.243 e. The van der Waals surface area contributed by atoms with E-state index in [1.807, 2.05) is 56.3 Å². The van der Waals surface area contributed by atoms with Crippen molar-refractivity contribution in [2.45, 2.75) is 23.6 Å². The molecule has 0 saturated carbocycles. The first-order valence-corrected chi connectivity index (χ1v) is 12.5. The Morgan fingerprint density at radius 2 is 1.62 bits per heavy atom. The van der Waals surface area contributed by atoms with E-state index in [-0.39, 0.29) is 22.2 Å². The number of ether oxygens (including phenoxy) is 1. The van der Waals surface area contributed by atoms with Crippen LogP contribution in [0.4, 0.5) is 11.4 Å². The van der Waals surface area contributed by atoms with Crippen LogP contribution >= 0.6 is 0 Å². The van der Waals surface area contributed by atoms with Gasteiger partial charge in [-0.1, -0.05) is 36.4 Å². The Balaban J connectivity index is 1.51. The van der Waals surface area contributed by atoms with Crippen molar-refractivity contribution in [1.29, 1.82) is 0 Å². The Bertz CT molecular complexity index is 1430. The van der Waals surface area contributed by atoms with Crippen molar-refractivity contribution in [1.82, 2.24) is 0 Å². The summed E-state index contributed by atoms with van der Waals surface area (Å²) < 4.78 is 32.1. The van der Waals surface area contributed by atoms with Gasteiger partial charge >= 0.3 is 0 Å². The molecule has 0 aliphatic rings. The highest BCUT2D eigenvalue weighted by Gasteiger charge is 2.22. The molecule has 0 spiro atoms. The average molecular weight is 475 g/mol. The van der Waals surface area contributed by atoms with Crippen LogP contribution < -0.4 is 15.4 Å². The summed E-state index contributed by atoms with van der Waals surface area (Å²) in [5.41, 5.74) is 1.85. The molecule has 0 saturated heterocycles. The van der Waals surface area contributed by atoms with Gasteiger partial charge < -0.3 is 15.4 Å². The molecule has 0 unspecified atom stereocenters. The predicted octanol–water partition coefficient (Wildman–Crippen LogP) is 5.43. The van der Waals surface area contributed by atoms with E-state index in [1.165, 1.54) is 12.1 Å². The molecular formula is C27H26N2O4S. The molecule has 4 aromatic carbocycles. The highest BCUT2D eigenvalue weighted by atomic mass is 32.2. The van der Waals surface area contributed by atoms with E-state index in [4.69, 9.17) is 4.74 Å². The van der Waals surface area contributed by atoms with Crippen molar-refractivity contribution < 1.29 is 17.9 Å². The Kier molecular flexibility index (Phi) is 6.84. The number of fused-ring (bicyclic) bond motifs is 1. The molecule has 174 valence electrons. The minimum atomic E-state index is -3.80. The maximum atomic E-state index is 13.4. The lowest BCUT2D eigenvalue weighted by atomic mass is 10.1. The number of hydrogen-bond donors (Lipinski definition) is 2. The summed E-state index contributed by atoms with van der Waals surface area (Å²) in [7, 11) is -3.80. The highest BCUT2D eigenvalue weighted by molar-refractivity contribution is 7.91. The van der Waals surface area contributed by atoms with Crippen LogP contribution in [0, 0.1) is 6.92 Å². The third-order valence-electron chi connectivity index (χ3n) is 5.34. The van der Waals surface area contributed by atoms with Gasteiger partial charge in [0.1, 0.15) is 5.75 Å². The van der Waals surface area contributed by atoms with Gasteiger partial charge in [-0.3, -0.25) is 4.79 Å². The monoisotopic (exact) mass is 474 g/mol. The van der Waals surface area contributed by atoms with Gasteiger partial charge in [0.2, 0.25) is 15.7 Å². The zero-order valence-electron chi connectivity index (χ0n) is 19.0. The predicted molar refractivity (Wildman–Crippen MR) is 135 cm³/mol. The van der Waals surface area contributed by atoms with Gasteiger partial charge in [-0.15, -0.1) is 0 Å². The maximum absolute atomic E-state index is 13.4. The molecule has 34 heavy (non-hydrogen) atoms. The standard InChI is InChI=1S/C27H26N2O4S/c1-3-33-23-11-13-24(14-12-23)34(31,32)26-16-19(2)8-15-25(26)28-18-27(30)29-22-10-9-20-6-4-5-7-21(20)17-22/h4-17,28H,3,18H2,1-2H3,(H,29,30). The van der Waals surface area contributed by atoms with Gasteiger partial charge in [-0.2, -0.15) is 0 Å². The lowest BCUT2D eigenvalue weighted by Crippen LogP contribution is -2.22. The lowest BCUT2D eigenvalue weighted by molar-refractivity contribution is -0.114. The van der Waals surface area contributed by atoms with Crippen LogP contribution in [0.15, 0.2) is 94.7 Å². The molecule has 0 aliphatic carbocycles. The Morgan fingerprint density at radius 1 is 0.882 bits per heavy atom. The molecule has 0 bridgehead atoms. The molecule has 0 aromatic heterocycles. The highest BCUT2D eigenvalue weighted by Crippen LogP contribution is 2.30. The van der Waals surface area contributed by atoms with Crippen molar-refractivity contribution >= 4 is 37.9 Å². The first-order chi connectivity index (χ1) is 16.4. The molecule has 2 N–H and O–H groups in total. The molecule has 0 radical (unpaired) electrons. The minimum absolute atomic E-state index is 0.0817. The second-order valence-corrected chi connectivity index (χ2v) is 9.79. The number of carbonyl (C=O) groups is 1. The number of hydrogen-bond acceptors (Lipinski definition) is 5. The van der Waals surface area contributed by atoms with E-state index in [2.05, 4.69) is 10.6 Å². The maximum Gasteiger partial charge on any atom is 0.243 e. The van der Waals surface area contributed by atoms with E-state index in [0.717, 1.165) is 16.3 Å². The fourth-order valence-corrected chi connectivity index (χ4v) is 5.17. The van der Waals surface area contributed by atoms with Crippen LogP contribution in [0.5, 0.6) is 5.75 Å². The fourth-order valence-electron chi connectivity index (χ4n) is 3.65. The summed E-state index contributed by atoms with van der Waals surface area (Å²) in [6, 6.07) is 25.0. The topological polar surface area (TPSA) is 84.5 Å². The summed E-state index contributed by atoms with van der Waals surface area (Å²) in [6.45, 7) is 4.11. The number of aryl methyl sites for hydroxylation is 1. The summed E-state index contributed by atoms with van der Waals surface area (Å²) >= 11 is 0. The Morgan fingerprint density at radius 3 is 2.35 bits per heavy atom. The van der Waals surface area contributed by atoms with Gasteiger partial charge in [-0.25, -0.2) is 8.42 Å². The van der Waals surface area contributed by atoms with E-state index in [1.54, 1.807) is 30.3 Å². The van der Waals surface area contributed by atoms with Crippen molar-refractivity contribution in [3.63, 3.8) is 0 Å².